The van der Waals surface area contributed by atoms with E-state index in [4.69, 9.17) is 9.97 Å². The quantitative estimate of drug-likeness (QED) is 0.125. The summed E-state index contributed by atoms with van der Waals surface area (Å²) < 4.78 is 0. The molecule has 0 saturated heterocycles. The van der Waals surface area contributed by atoms with E-state index in [1.54, 1.807) is 0 Å². The second kappa shape index (κ2) is 14.1. The zero-order valence-electron chi connectivity index (χ0n) is 31.7. The van der Waals surface area contributed by atoms with Crippen LogP contribution in [0.4, 0.5) is 0 Å². The fraction of sp³-hybridized carbons (Fsp3) is 0. The summed E-state index contributed by atoms with van der Waals surface area (Å²) in [5.41, 5.74) is 12.0. The number of hydrogen-bond acceptors (Lipinski definition) is 2. The third-order valence-electron chi connectivity index (χ3n) is 11.5. The molecular weight excluding hydrogens is 701 g/mol. The van der Waals surface area contributed by atoms with E-state index in [-0.39, 0.29) is 0 Å². The molecule has 2 nitrogen and oxygen atoms in total. The minimum atomic E-state index is 0.704. The molecule has 1 aromatic heterocycles. The summed E-state index contributed by atoms with van der Waals surface area (Å²) in [5.74, 6) is 0.704. The standard InChI is InChI=1S/C56H36N2/c1-2-14-43(15-3-1)56-57-53(36-54(58-56)50-21-11-10-19-48(50)46-31-26-37-12-4-5-16-44(37)34-46)41-27-22-38(23-28-41)39-24-29-42(30-25-39)55-49-20-9-7-17-45(49)35-52-47-18-8-6-13-40(47)32-33-51(52)55/h1-36H. The molecular formula is C56H36N2. The first kappa shape index (κ1) is 33.6. The van der Waals surface area contributed by atoms with E-state index in [0.717, 1.165) is 44.8 Å². The number of rotatable bonds is 6. The smallest absolute Gasteiger partial charge is 0.160 e. The van der Waals surface area contributed by atoms with Gasteiger partial charge in [0.05, 0.1) is 11.4 Å². The van der Waals surface area contributed by atoms with Crippen molar-refractivity contribution in [3.63, 3.8) is 0 Å². The molecule has 58 heavy (non-hydrogen) atoms. The molecule has 0 saturated carbocycles. The summed E-state index contributed by atoms with van der Waals surface area (Å²) in [7, 11) is 0. The van der Waals surface area contributed by atoms with Crippen molar-refractivity contribution < 1.29 is 0 Å². The molecule has 11 rings (SSSR count). The van der Waals surface area contributed by atoms with Crippen LogP contribution in [0.2, 0.25) is 0 Å². The van der Waals surface area contributed by atoms with Gasteiger partial charge in [0.25, 0.3) is 0 Å². The molecule has 270 valence electrons. The topological polar surface area (TPSA) is 25.8 Å². The van der Waals surface area contributed by atoms with Gasteiger partial charge in [-0.15, -0.1) is 0 Å². The predicted octanol–water partition coefficient (Wildman–Crippen LogP) is 15.1. The van der Waals surface area contributed by atoms with Gasteiger partial charge in [-0.25, -0.2) is 9.97 Å². The van der Waals surface area contributed by atoms with Crippen LogP contribution in [0.25, 0.3) is 110 Å². The van der Waals surface area contributed by atoms with Gasteiger partial charge in [0, 0.05) is 16.7 Å². The Morgan fingerprint density at radius 3 is 1.57 bits per heavy atom. The summed E-state index contributed by atoms with van der Waals surface area (Å²) >= 11 is 0. The van der Waals surface area contributed by atoms with Crippen LogP contribution < -0.4 is 0 Å². The monoisotopic (exact) mass is 736 g/mol. The normalized spacial score (nSPS) is 11.4. The van der Waals surface area contributed by atoms with Crippen LogP contribution in [0.15, 0.2) is 218 Å². The SMILES string of the molecule is c1ccc(-c2nc(-c3ccc(-c4ccc(-c5c6ccccc6cc6c5ccc5ccccc56)cc4)cc3)cc(-c3ccccc3-c3ccc4ccccc4c3)n2)cc1. The van der Waals surface area contributed by atoms with E-state index in [0.29, 0.717) is 5.82 Å². The summed E-state index contributed by atoms with van der Waals surface area (Å²) in [4.78, 5) is 10.3. The average molecular weight is 737 g/mol. The summed E-state index contributed by atoms with van der Waals surface area (Å²) in [6.45, 7) is 0. The van der Waals surface area contributed by atoms with Gasteiger partial charge in [0.2, 0.25) is 0 Å². The Bertz CT molecular complexity index is 3310. The van der Waals surface area contributed by atoms with E-state index < -0.39 is 0 Å². The van der Waals surface area contributed by atoms with Crippen molar-refractivity contribution >= 4 is 43.1 Å². The molecule has 0 fully saturated rings. The molecule has 0 bridgehead atoms. The first-order chi connectivity index (χ1) is 28.7. The van der Waals surface area contributed by atoms with Gasteiger partial charge in [0.15, 0.2) is 5.82 Å². The highest BCUT2D eigenvalue weighted by Crippen LogP contribution is 2.40. The van der Waals surface area contributed by atoms with Crippen molar-refractivity contribution in [3.05, 3.63) is 218 Å². The van der Waals surface area contributed by atoms with Crippen molar-refractivity contribution in [2.24, 2.45) is 0 Å². The fourth-order valence-corrected chi connectivity index (χ4v) is 8.56. The lowest BCUT2D eigenvalue weighted by atomic mass is 9.89. The van der Waals surface area contributed by atoms with Gasteiger partial charge in [-0.3, -0.25) is 0 Å². The van der Waals surface area contributed by atoms with E-state index in [1.807, 2.05) is 18.2 Å². The van der Waals surface area contributed by atoms with Crippen LogP contribution in [0.5, 0.6) is 0 Å². The van der Waals surface area contributed by atoms with Crippen LogP contribution in [-0.4, -0.2) is 9.97 Å². The molecule has 0 spiro atoms. The van der Waals surface area contributed by atoms with Crippen LogP contribution in [0.3, 0.4) is 0 Å². The van der Waals surface area contributed by atoms with Gasteiger partial charge in [-0.2, -0.15) is 0 Å². The van der Waals surface area contributed by atoms with Gasteiger partial charge in [-0.05, 0) is 94.7 Å². The molecule has 0 amide bonds. The highest BCUT2D eigenvalue weighted by molar-refractivity contribution is 6.20. The molecule has 11 aromatic rings. The molecule has 0 aliphatic rings. The van der Waals surface area contributed by atoms with Crippen LogP contribution >= 0.6 is 0 Å². The van der Waals surface area contributed by atoms with Gasteiger partial charge in [-0.1, -0.05) is 200 Å². The number of hydrogen-bond donors (Lipinski definition) is 0. The second-order valence-electron chi connectivity index (χ2n) is 14.9. The summed E-state index contributed by atoms with van der Waals surface area (Å²) in [5, 5.41) is 10.1. The maximum absolute atomic E-state index is 5.19. The minimum Gasteiger partial charge on any atom is -0.228 e. The van der Waals surface area contributed by atoms with Gasteiger partial charge < -0.3 is 0 Å². The predicted molar refractivity (Wildman–Crippen MR) is 245 cm³/mol. The maximum Gasteiger partial charge on any atom is 0.160 e. The van der Waals surface area contributed by atoms with Crippen molar-refractivity contribution in [2.75, 3.05) is 0 Å². The van der Waals surface area contributed by atoms with Crippen molar-refractivity contribution in [1.29, 1.82) is 0 Å². The van der Waals surface area contributed by atoms with Gasteiger partial charge in [0.1, 0.15) is 0 Å². The lowest BCUT2D eigenvalue weighted by Gasteiger charge is -2.15. The van der Waals surface area contributed by atoms with Crippen LogP contribution in [0.1, 0.15) is 0 Å². The zero-order chi connectivity index (χ0) is 38.4. The van der Waals surface area contributed by atoms with E-state index in [9.17, 15) is 0 Å². The molecule has 0 aliphatic heterocycles. The Kier molecular flexibility index (Phi) is 8.19. The van der Waals surface area contributed by atoms with Gasteiger partial charge >= 0.3 is 0 Å². The van der Waals surface area contributed by atoms with E-state index in [2.05, 4.69) is 200 Å². The minimum absolute atomic E-state index is 0.704. The van der Waals surface area contributed by atoms with Crippen molar-refractivity contribution in [2.45, 2.75) is 0 Å². The fourth-order valence-electron chi connectivity index (χ4n) is 8.56. The molecule has 0 N–H and O–H groups in total. The molecule has 10 aromatic carbocycles. The number of aromatic nitrogens is 2. The Morgan fingerprint density at radius 1 is 0.241 bits per heavy atom. The number of fused-ring (bicyclic) bond motifs is 5. The summed E-state index contributed by atoms with van der Waals surface area (Å²) in [6.07, 6.45) is 0. The molecule has 1 heterocycles. The third-order valence-corrected chi connectivity index (χ3v) is 11.5. The van der Waals surface area contributed by atoms with Crippen molar-refractivity contribution in [1.82, 2.24) is 9.97 Å². The highest BCUT2D eigenvalue weighted by Gasteiger charge is 2.16. The maximum atomic E-state index is 5.19. The Morgan fingerprint density at radius 2 is 0.793 bits per heavy atom. The molecule has 0 aliphatic carbocycles. The molecule has 0 unspecified atom stereocenters. The molecule has 2 heteroatoms. The number of nitrogens with zero attached hydrogens (tertiary/aromatic N) is 2. The lowest BCUT2D eigenvalue weighted by Crippen LogP contribution is -1.97. The third kappa shape index (κ3) is 6.00. The van der Waals surface area contributed by atoms with Crippen LogP contribution in [-0.2, 0) is 0 Å². The highest BCUT2D eigenvalue weighted by atomic mass is 14.9. The second-order valence-corrected chi connectivity index (χ2v) is 14.9. The average Bonchev–Trinajstić information content (AvgIpc) is 3.31. The molecule has 0 atom stereocenters. The first-order valence-corrected chi connectivity index (χ1v) is 19.8. The Hall–Kier alpha value is -7.68. The molecule has 0 radical (unpaired) electrons. The Balaban J connectivity index is 0.970. The van der Waals surface area contributed by atoms with E-state index >= 15 is 0 Å². The Labute approximate surface area is 337 Å². The first-order valence-electron chi connectivity index (χ1n) is 19.8. The van der Waals surface area contributed by atoms with Crippen molar-refractivity contribution in [3.8, 4) is 67.3 Å². The van der Waals surface area contributed by atoms with E-state index in [1.165, 1.54) is 59.8 Å². The largest absolute Gasteiger partial charge is 0.228 e. The van der Waals surface area contributed by atoms with Crippen LogP contribution in [0, 0.1) is 0 Å². The lowest BCUT2D eigenvalue weighted by molar-refractivity contribution is 1.18. The summed E-state index contributed by atoms with van der Waals surface area (Å²) in [6, 6.07) is 78.3. The zero-order valence-corrected chi connectivity index (χ0v) is 31.7. The number of benzene rings is 10.